The molecule has 0 spiro atoms. The molecule has 1 N–H and O–H groups in total. The Morgan fingerprint density at radius 1 is 1.38 bits per heavy atom. The highest BCUT2D eigenvalue weighted by molar-refractivity contribution is 7.86. The first kappa shape index (κ1) is 15.0. The Hall–Kier alpha value is -0.960. The number of piperazine rings is 1. The van der Waals surface area contributed by atoms with Crippen LogP contribution in [0.1, 0.15) is 25.2 Å². The number of aryl methyl sites for hydroxylation is 1. The van der Waals surface area contributed by atoms with Gasteiger partial charge in [-0.1, -0.05) is 6.92 Å². The molecule has 2 atom stereocenters. The standard InChI is InChI=1S/C13H23N5O2S/c1-11-3-6-17(10-11)21(19,20)18-8-4-14-9-12(18)13-15-5-7-16(13)2/h5,7,11-12,14H,3-4,6,8-10H2,1-2H3. The summed E-state index contributed by atoms with van der Waals surface area (Å²) in [4.78, 5) is 4.34. The molecule has 1 aromatic heterocycles. The minimum absolute atomic E-state index is 0.236. The number of nitrogens with one attached hydrogen (secondary N) is 1. The zero-order valence-electron chi connectivity index (χ0n) is 12.6. The Morgan fingerprint density at radius 3 is 2.81 bits per heavy atom. The smallest absolute Gasteiger partial charge is 0.282 e. The van der Waals surface area contributed by atoms with Gasteiger partial charge >= 0.3 is 0 Å². The maximum Gasteiger partial charge on any atom is 0.282 e. The van der Waals surface area contributed by atoms with Gasteiger partial charge in [0.2, 0.25) is 0 Å². The predicted molar refractivity (Wildman–Crippen MR) is 79.8 cm³/mol. The molecular weight excluding hydrogens is 290 g/mol. The Labute approximate surface area is 126 Å². The van der Waals surface area contributed by atoms with E-state index in [1.807, 2.05) is 17.8 Å². The molecule has 118 valence electrons. The highest BCUT2D eigenvalue weighted by Gasteiger charge is 2.40. The van der Waals surface area contributed by atoms with Gasteiger partial charge < -0.3 is 9.88 Å². The fourth-order valence-corrected chi connectivity index (χ4v) is 5.02. The minimum atomic E-state index is -3.41. The molecule has 0 aromatic carbocycles. The monoisotopic (exact) mass is 313 g/mol. The van der Waals surface area contributed by atoms with Crippen molar-refractivity contribution in [1.82, 2.24) is 23.5 Å². The van der Waals surface area contributed by atoms with E-state index >= 15 is 0 Å². The summed E-state index contributed by atoms with van der Waals surface area (Å²) >= 11 is 0. The van der Waals surface area contributed by atoms with Crippen molar-refractivity contribution in [3.63, 3.8) is 0 Å². The van der Waals surface area contributed by atoms with Crippen molar-refractivity contribution in [2.75, 3.05) is 32.7 Å². The predicted octanol–water partition coefficient (Wildman–Crippen LogP) is -0.0470. The van der Waals surface area contributed by atoms with Crippen molar-refractivity contribution in [2.45, 2.75) is 19.4 Å². The molecule has 2 unspecified atom stereocenters. The molecule has 2 aliphatic rings. The van der Waals surface area contributed by atoms with E-state index in [0.29, 0.717) is 38.6 Å². The van der Waals surface area contributed by atoms with Crippen LogP contribution in [0.2, 0.25) is 0 Å². The van der Waals surface area contributed by atoms with Crippen molar-refractivity contribution in [3.05, 3.63) is 18.2 Å². The lowest BCUT2D eigenvalue weighted by Crippen LogP contribution is -2.53. The molecular formula is C13H23N5O2S. The third kappa shape index (κ3) is 2.73. The normalized spacial score (nSPS) is 29.0. The quantitative estimate of drug-likeness (QED) is 0.849. The van der Waals surface area contributed by atoms with E-state index in [1.165, 1.54) is 0 Å². The molecule has 2 saturated heterocycles. The fraction of sp³-hybridized carbons (Fsp3) is 0.769. The summed E-state index contributed by atoms with van der Waals surface area (Å²) in [7, 11) is -1.51. The van der Waals surface area contributed by atoms with Crippen LogP contribution in [0.3, 0.4) is 0 Å². The molecule has 0 amide bonds. The Balaban J connectivity index is 1.89. The maximum absolute atomic E-state index is 12.9. The summed E-state index contributed by atoms with van der Waals surface area (Å²) in [6.45, 7) is 5.13. The first-order valence-corrected chi connectivity index (χ1v) is 8.84. The van der Waals surface area contributed by atoms with Crippen molar-refractivity contribution in [1.29, 1.82) is 0 Å². The van der Waals surface area contributed by atoms with Crippen LogP contribution in [-0.4, -0.2) is 59.3 Å². The van der Waals surface area contributed by atoms with Crippen LogP contribution in [0.5, 0.6) is 0 Å². The summed E-state index contributed by atoms with van der Waals surface area (Å²) in [5, 5.41) is 3.27. The Morgan fingerprint density at radius 2 is 2.19 bits per heavy atom. The van der Waals surface area contributed by atoms with E-state index in [-0.39, 0.29) is 6.04 Å². The van der Waals surface area contributed by atoms with Gasteiger partial charge in [0.1, 0.15) is 5.82 Å². The van der Waals surface area contributed by atoms with Crippen LogP contribution < -0.4 is 5.32 Å². The summed E-state index contributed by atoms with van der Waals surface area (Å²) in [6.07, 6.45) is 4.51. The van der Waals surface area contributed by atoms with E-state index < -0.39 is 10.2 Å². The van der Waals surface area contributed by atoms with E-state index in [9.17, 15) is 8.42 Å². The molecule has 2 fully saturated rings. The van der Waals surface area contributed by atoms with Gasteiger partial charge in [-0.05, 0) is 12.3 Å². The molecule has 1 aromatic rings. The number of aromatic nitrogens is 2. The minimum Gasteiger partial charge on any atom is -0.337 e. The SMILES string of the molecule is CC1CCN(S(=O)(=O)N2CCNCC2c2nccn2C)C1. The topological polar surface area (TPSA) is 70.5 Å². The fourth-order valence-electron chi connectivity index (χ4n) is 3.13. The number of rotatable bonds is 3. The molecule has 2 aliphatic heterocycles. The molecule has 3 rings (SSSR count). The molecule has 0 bridgehead atoms. The van der Waals surface area contributed by atoms with Gasteiger partial charge in [-0.25, -0.2) is 4.98 Å². The van der Waals surface area contributed by atoms with E-state index in [0.717, 1.165) is 12.2 Å². The average molecular weight is 313 g/mol. The number of nitrogens with zero attached hydrogens (tertiary/aromatic N) is 4. The highest BCUT2D eigenvalue weighted by atomic mass is 32.2. The van der Waals surface area contributed by atoms with Crippen molar-refractivity contribution < 1.29 is 8.42 Å². The molecule has 7 nitrogen and oxygen atoms in total. The van der Waals surface area contributed by atoms with Crippen LogP contribution in [0.25, 0.3) is 0 Å². The van der Waals surface area contributed by atoms with Gasteiger partial charge in [0, 0.05) is 52.2 Å². The van der Waals surface area contributed by atoms with Crippen LogP contribution in [0.4, 0.5) is 0 Å². The largest absolute Gasteiger partial charge is 0.337 e. The van der Waals surface area contributed by atoms with Crippen LogP contribution in [0, 0.1) is 5.92 Å². The molecule has 21 heavy (non-hydrogen) atoms. The maximum atomic E-state index is 12.9. The molecule has 0 saturated carbocycles. The molecule has 3 heterocycles. The number of hydrogen-bond acceptors (Lipinski definition) is 4. The second kappa shape index (κ2) is 5.68. The molecule has 0 aliphatic carbocycles. The van der Waals surface area contributed by atoms with Gasteiger partial charge in [-0.15, -0.1) is 0 Å². The lowest BCUT2D eigenvalue weighted by Gasteiger charge is -2.36. The molecule has 8 heteroatoms. The second-order valence-corrected chi connectivity index (χ2v) is 7.87. The van der Waals surface area contributed by atoms with E-state index in [1.54, 1.807) is 14.8 Å². The highest BCUT2D eigenvalue weighted by Crippen LogP contribution is 2.28. The third-order valence-electron chi connectivity index (χ3n) is 4.36. The van der Waals surface area contributed by atoms with Gasteiger partial charge in [-0.2, -0.15) is 17.0 Å². The van der Waals surface area contributed by atoms with Crippen molar-refractivity contribution in [2.24, 2.45) is 13.0 Å². The van der Waals surface area contributed by atoms with Gasteiger partial charge in [0.25, 0.3) is 10.2 Å². The first-order valence-electron chi connectivity index (χ1n) is 7.45. The van der Waals surface area contributed by atoms with E-state index in [4.69, 9.17) is 0 Å². The lowest BCUT2D eigenvalue weighted by molar-refractivity contribution is 0.240. The Kier molecular flexibility index (Phi) is 4.04. The summed E-state index contributed by atoms with van der Waals surface area (Å²) in [5.74, 6) is 1.23. The summed E-state index contributed by atoms with van der Waals surface area (Å²) in [5.41, 5.74) is 0. The molecule has 0 radical (unpaired) electrons. The van der Waals surface area contributed by atoms with Gasteiger partial charge in [0.15, 0.2) is 0 Å². The van der Waals surface area contributed by atoms with Gasteiger partial charge in [0.05, 0.1) is 6.04 Å². The number of imidazole rings is 1. The zero-order chi connectivity index (χ0) is 15.0. The zero-order valence-corrected chi connectivity index (χ0v) is 13.4. The number of hydrogen-bond donors (Lipinski definition) is 1. The van der Waals surface area contributed by atoms with E-state index in [2.05, 4.69) is 17.2 Å². The summed E-state index contributed by atoms with van der Waals surface area (Å²) in [6, 6.07) is -0.236. The Bertz CT molecular complexity index is 599. The van der Waals surface area contributed by atoms with Crippen molar-refractivity contribution >= 4 is 10.2 Å². The van der Waals surface area contributed by atoms with Gasteiger partial charge in [-0.3, -0.25) is 0 Å². The summed E-state index contributed by atoms with van der Waals surface area (Å²) < 4.78 is 31.0. The average Bonchev–Trinajstić information content (AvgIpc) is 3.08. The van der Waals surface area contributed by atoms with Crippen LogP contribution in [-0.2, 0) is 17.3 Å². The lowest BCUT2D eigenvalue weighted by atomic mass is 10.2. The van der Waals surface area contributed by atoms with Crippen LogP contribution in [0.15, 0.2) is 12.4 Å². The second-order valence-electron chi connectivity index (χ2n) is 5.99. The third-order valence-corrected chi connectivity index (χ3v) is 6.37. The van der Waals surface area contributed by atoms with Crippen LogP contribution >= 0.6 is 0 Å². The first-order chi connectivity index (χ1) is 10.00. The van der Waals surface area contributed by atoms with Crippen molar-refractivity contribution in [3.8, 4) is 0 Å².